The number of benzene rings is 1. The summed E-state index contributed by atoms with van der Waals surface area (Å²) in [6.07, 6.45) is 3.08. The number of unbranched alkanes of at least 4 members (excludes halogenated alkanes) is 1. The van der Waals surface area contributed by atoms with E-state index in [0.29, 0.717) is 0 Å². The third-order valence-electron chi connectivity index (χ3n) is 3.30. The van der Waals surface area contributed by atoms with Gasteiger partial charge in [0.25, 0.3) is 0 Å². The van der Waals surface area contributed by atoms with E-state index in [1.54, 1.807) is 0 Å². The Morgan fingerprint density at radius 1 is 1.53 bits per heavy atom. The van der Waals surface area contributed by atoms with Gasteiger partial charge in [-0.3, -0.25) is 4.79 Å². The second-order valence-electron chi connectivity index (χ2n) is 4.91. The number of rotatable bonds is 6. The van der Waals surface area contributed by atoms with Gasteiger partial charge in [-0.15, -0.1) is 0 Å². The van der Waals surface area contributed by atoms with Crippen molar-refractivity contribution in [2.45, 2.75) is 26.2 Å². The van der Waals surface area contributed by atoms with Crippen LogP contribution in [0.5, 0.6) is 5.75 Å². The van der Waals surface area contributed by atoms with Crippen LogP contribution in [0.25, 0.3) is 0 Å². The van der Waals surface area contributed by atoms with Gasteiger partial charge in [-0.1, -0.05) is 19.4 Å². The van der Waals surface area contributed by atoms with Crippen LogP contribution in [0, 0.1) is 5.92 Å². The Balaban J connectivity index is 1.88. The fourth-order valence-corrected chi connectivity index (χ4v) is 2.12. The summed E-state index contributed by atoms with van der Waals surface area (Å²) in [5.74, 6) is 0.996. The summed E-state index contributed by atoms with van der Waals surface area (Å²) in [5, 5.41) is 6.15. The molecule has 1 heterocycles. The Kier molecular flexibility index (Phi) is 5.21. The van der Waals surface area contributed by atoms with E-state index in [9.17, 15) is 4.79 Å². The Bertz CT molecular complexity index is 414. The molecule has 0 radical (unpaired) electrons. The quantitative estimate of drug-likeness (QED) is 0.774. The summed E-state index contributed by atoms with van der Waals surface area (Å²) in [5.41, 5.74) is 0.811. The Morgan fingerprint density at radius 3 is 3.16 bits per heavy atom. The van der Waals surface area contributed by atoms with Crippen LogP contribution in [0.1, 0.15) is 26.2 Å². The SMILES string of the molecule is CCCCOc1cccc(NC(=O)C2CCNC2)c1. The predicted molar refractivity (Wildman–Crippen MR) is 76.5 cm³/mol. The average Bonchev–Trinajstić information content (AvgIpc) is 2.93. The highest BCUT2D eigenvalue weighted by Crippen LogP contribution is 2.19. The molecule has 4 nitrogen and oxygen atoms in total. The number of ether oxygens (including phenoxy) is 1. The van der Waals surface area contributed by atoms with Crippen molar-refractivity contribution in [2.75, 3.05) is 25.0 Å². The molecular formula is C15H22N2O2. The van der Waals surface area contributed by atoms with Gasteiger partial charge >= 0.3 is 0 Å². The molecule has 104 valence electrons. The van der Waals surface area contributed by atoms with Gasteiger partial charge in [0.15, 0.2) is 0 Å². The van der Waals surface area contributed by atoms with E-state index in [1.807, 2.05) is 24.3 Å². The van der Waals surface area contributed by atoms with E-state index < -0.39 is 0 Å². The van der Waals surface area contributed by atoms with Gasteiger partial charge in [-0.05, 0) is 31.5 Å². The molecule has 4 heteroatoms. The standard InChI is InChI=1S/C15H22N2O2/c1-2-3-9-19-14-6-4-5-13(10-14)17-15(18)12-7-8-16-11-12/h4-6,10,12,16H,2-3,7-9,11H2,1H3,(H,17,18). The lowest BCUT2D eigenvalue weighted by Gasteiger charge is -2.11. The molecular weight excluding hydrogens is 240 g/mol. The van der Waals surface area contributed by atoms with Crippen molar-refractivity contribution in [2.24, 2.45) is 5.92 Å². The molecule has 1 amide bonds. The summed E-state index contributed by atoms with van der Waals surface area (Å²) in [4.78, 5) is 12.0. The number of carbonyl (C=O) groups is 1. The highest BCUT2D eigenvalue weighted by molar-refractivity contribution is 5.93. The zero-order valence-corrected chi connectivity index (χ0v) is 11.4. The smallest absolute Gasteiger partial charge is 0.228 e. The van der Waals surface area contributed by atoms with E-state index >= 15 is 0 Å². The number of amides is 1. The van der Waals surface area contributed by atoms with E-state index in [4.69, 9.17) is 4.74 Å². The van der Waals surface area contributed by atoms with E-state index in [-0.39, 0.29) is 11.8 Å². The van der Waals surface area contributed by atoms with Gasteiger partial charge in [-0.25, -0.2) is 0 Å². The summed E-state index contributed by atoms with van der Waals surface area (Å²) in [6.45, 7) is 4.56. The molecule has 0 spiro atoms. The van der Waals surface area contributed by atoms with Crippen molar-refractivity contribution in [3.05, 3.63) is 24.3 Å². The van der Waals surface area contributed by atoms with Crippen LogP contribution < -0.4 is 15.4 Å². The zero-order chi connectivity index (χ0) is 13.5. The lowest BCUT2D eigenvalue weighted by Crippen LogP contribution is -2.24. The van der Waals surface area contributed by atoms with Gasteiger partial charge in [0, 0.05) is 18.3 Å². The molecule has 0 aliphatic carbocycles. The molecule has 1 aliphatic rings. The summed E-state index contributed by atoms with van der Waals surface area (Å²) >= 11 is 0. The van der Waals surface area contributed by atoms with Gasteiger partial charge in [-0.2, -0.15) is 0 Å². The van der Waals surface area contributed by atoms with Gasteiger partial charge in [0.05, 0.1) is 12.5 Å². The van der Waals surface area contributed by atoms with Crippen LogP contribution in [0.3, 0.4) is 0 Å². The number of hydrogen-bond donors (Lipinski definition) is 2. The molecule has 0 bridgehead atoms. The van der Waals surface area contributed by atoms with Gasteiger partial charge in [0.1, 0.15) is 5.75 Å². The average molecular weight is 262 g/mol. The van der Waals surface area contributed by atoms with Crippen LogP contribution >= 0.6 is 0 Å². The Hall–Kier alpha value is -1.55. The number of anilines is 1. The second kappa shape index (κ2) is 7.14. The number of nitrogens with one attached hydrogen (secondary N) is 2. The van der Waals surface area contributed by atoms with Crippen LogP contribution in [-0.4, -0.2) is 25.6 Å². The first-order chi connectivity index (χ1) is 9.29. The first kappa shape index (κ1) is 13.9. The molecule has 0 aromatic heterocycles. The minimum Gasteiger partial charge on any atom is -0.494 e. The Labute approximate surface area is 114 Å². The van der Waals surface area contributed by atoms with Crippen molar-refractivity contribution in [1.29, 1.82) is 0 Å². The normalized spacial score (nSPS) is 18.3. The molecule has 1 saturated heterocycles. The monoisotopic (exact) mass is 262 g/mol. The van der Waals surface area contributed by atoms with Gasteiger partial charge in [0.2, 0.25) is 5.91 Å². The molecule has 0 saturated carbocycles. The largest absolute Gasteiger partial charge is 0.494 e. The number of carbonyl (C=O) groups excluding carboxylic acids is 1. The second-order valence-corrected chi connectivity index (χ2v) is 4.91. The molecule has 1 aliphatic heterocycles. The first-order valence-electron chi connectivity index (χ1n) is 7.04. The molecule has 1 atom stereocenters. The van der Waals surface area contributed by atoms with Crippen molar-refractivity contribution < 1.29 is 9.53 Å². The highest BCUT2D eigenvalue weighted by atomic mass is 16.5. The van der Waals surface area contributed by atoms with Crippen LogP contribution in [0.4, 0.5) is 5.69 Å². The van der Waals surface area contributed by atoms with Gasteiger partial charge < -0.3 is 15.4 Å². The van der Waals surface area contributed by atoms with Crippen molar-refractivity contribution in [1.82, 2.24) is 5.32 Å². The highest BCUT2D eigenvalue weighted by Gasteiger charge is 2.22. The molecule has 1 aromatic rings. The third kappa shape index (κ3) is 4.24. The summed E-state index contributed by atoms with van der Waals surface area (Å²) in [7, 11) is 0. The topological polar surface area (TPSA) is 50.4 Å². The molecule has 19 heavy (non-hydrogen) atoms. The molecule has 1 aromatic carbocycles. The molecule has 1 unspecified atom stereocenters. The maximum Gasteiger partial charge on any atom is 0.228 e. The van der Waals surface area contributed by atoms with Crippen molar-refractivity contribution >= 4 is 11.6 Å². The fraction of sp³-hybridized carbons (Fsp3) is 0.533. The summed E-state index contributed by atoms with van der Waals surface area (Å²) in [6, 6.07) is 7.61. The Morgan fingerprint density at radius 2 is 2.42 bits per heavy atom. The number of hydrogen-bond acceptors (Lipinski definition) is 3. The third-order valence-corrected chi connectivity index (χ3v) is 3.30. The molecule has 2 rings (SSSR count). The first-order valence-corrected chi connectivity index (χ1v) is 7.04. The molecule has 2 N–H and O–H groups in total. The van der Waals surface area contributed by atoms with Crippen LogP contribution in [0.2, 0.25) is 0 Å². The maximum atomic E-state index is 12.0. The minimum atomic E-state index is 0.0877. The fourth-order valence-electron chi connectivity index (χ4n) is 2.12. The lowest BCUT2D eigenvalue weighted by molar-refractivity contribution is -0.119. The molecule has 1 fully saturated rings. The van der Waals surface area contributed by atoms with Crippen molar-refractivity contribution in [3.8, 4) is 5.75 Å². The lowest BCUT2D eigenvalue weighted by atomic mass is 10.1. The van der Waals surface area contributed by atoms with Crippen LogP contribution in [-0.2, 0) is 4.79 Å². The van der Waals surface area contributed by atoms with Crippen LogP contribution in [0.15, 0.2) is 24.3 Å². The summed E-state index contributed by atoms with van der Waals surface area (Å²) < 4.78 is 5.63. The van der Waals surface area contributed by atoms with E-state index in [1.165, 1.54) is 0 Å². The maximum absolute atomic E-state index is 12.0. The predicted octanol–water partition coefficient (Wildman–Crippen LogP) is 2.41. The van der Waals surface area contributed by atoms with Crippen molar-refractivity contribution in [3.63, 3.8) is 0 Å². The van der Waals surface area contributed by atoms with E-state index in [2.05, 4.69) is 17.6 Å². The zero-order valence-electron chi connectivity index (χ0n) is 11.4. The van der Waals surface area contributed by atoms with E-state index in [0.717, 1.165) is 50.4 Å². The minimum absolute atomic E-state index is 0.0877.